The molecule has 0 spiro atoms. The molecule has 3 N–H and O–H groups in total. The zero-order chi connectivity index (χ0) is 23.4. The van der Waals surface area contributed by atoms with Crippen molar-refractivity contribution in [2.45, 2.75) is 25.3 Å². The van der Waals surface area contributed by atoms with Gasteiger partial charge in [-0.15, -0.1) is 0 Å². The van der Waals surface area contributed by atoms with E-state index >= 15 is 0 Å². The fourth-order valence-corrected chi connectivity index (χ4v) is 4.02. The van der Waals surface area contributed by atoms with Crippen molar-refractivity contribution in [1.82, 2.24) is 20.5 Å². The molecule has 8 nitrogen and oxygen atoms in total. The third-order valence-corrected chi connectivity index (χ3v) is 5.74. The number of fused-ring (bicyclic) bond motifs is 1. The van der Waals surface area contributed by atoms with E-state index in [0.29, 0.717) is 25.1 Å². The van der Waals surface area contributed by atoms with Crippen LogP contribution in [0, 0.1) is 5.82 Å². The normalized spacial score (nSPS) is 15.7. The predicted octanol–water partition coefficient (Wildman–Crippen LogP) is 2.53. The molecule has 4 amide bonds. The number of hydrogen-bond donors (Lipinski definition) is 3. The van der Waals surface area contributed by atoms with Gasteiger partial charge >= 0.3 is 6.03 Å². The number of aromatic nitrogens is 1. The summed E-state index contributed by atoms with van der Waals surface area (Å²) in [7, 11) is 1.57. The maximum absolute atomic E-state index is 13.5. The van der Waals surface area contributed by atoms with Crippen LogP contribution >= 0.6 is 0 Å². The molecule has 1 atom stereocenters. The molecule has 172 valence electrons. The Morgan fingerprint density at radius 2 is 1.97 bits per heavy atom. The van der Waals surface area contributed by atoms with Gasteiger partial charge in [-0.2, -0.15) is 0 Å². The summed E-state index contributed by atoms with van der Waals surface area (Å²) >= 11 is 0. The molecule has 9 heteroatoms. The van der Waals surface area contributed by atoms with E-state index in [1.165, 1.54) is 12.1 Å². The first-order valence-corrected chi connectivity index (χ1v) is 10.7. The van der Waals surface area contributed by atoms with Crippen molar-refractivity contribution in [3.05, 3.63) is 65.6 Å². The van der Waals surface area contributed by atoms with Gasteiger partial charge in [-0.25, -0.2) is 9.18 Å². The smallest absolute Gasteiger partial charge is 0.324 e. The van der Waals surface area contributed by atoms with Crippen molar-refractivity contribution < 1.29 is 23.5 Å². The highest BCUT2D eigenvalue weighted by molar-refractivity contribution is 6.05. The van der Waals surface area contributed by atoms with Gasteiger partial charge in [0, 0.05) is 30.2 Å². The molecule has 2 heterocycles. The lowest BCUT2D eigenvalue weighted by Gasteiger charge is -2.14. The molecule has 33 heavy (non-hydrogen) atoms. The second-order valence-electron chi connectivity index (χ2n) is 7.86. The molecule has 0 aliphatic carbocycles. The van der Waals surface area contributed by atoms with Crippen LogP contribution in [0.3, 0.4) is 0 Å². The fourth-order valence-electron chi connectivity index (χ4n) is 4.02. The van der Waals surface area contributed by atoms with Crippen LogP contribution in [-0.4, -0.2) is 54.0 Å². The zero-order valence-corrected chi connectivity index (χ0v) is 18.2. The Labute approximate surface area is 190 Å². The van der Waals surface area contributed by atoms with E-state index in [2.05, 4.69) is 15.6 Å². The number of ether oxygens (including phenoxy) is 1. The second kappa shape index (κ2) is 9.72. The monoisotopic (exact) mass is 452 g/mol. The molecule has 1 saturated heterocycles. The van der Waals surface area contributed by atoms with Crippen LogP contribution in [0.2, 0.25) is 0 Å². The highest BCUT2D eigenvalue weighted by Crippen LogP contribution is 2.20. The van der Waals surface area contributed by atoms with Gasteiger partial charge in [0.1, 0.15) is 17.6 Å². The van der Waals surface area contributed by atoms with Gasteiger partial charge in [0.25, 0.3) is 5.91 Å². The predicted molar refractivity (Wildman–Crippen MR) is 120 cm³/mol. The van der Waals surface area contributed by atoms with Crippen molar-refractivity contribution in [2.75, 3.05) is 20.2 Å². The van der Waals surface area contributed by atoms with Crippen LogP contribution in [0.15, 0.2) is 48.7 Å². The molecule has 0 saturated carbocycles. The number of methoxy groups -OCH3 is 1. The summed E-state index contributed by atoms with van der Waals surface area (Å²) in [6.07, 6.45) is 2.60. The van der Waals surface area contributed by atoms with Crippen LogP contribution in [0.4, 0.5) is 9.18 Å². The summed E-state index contributed by atoms with van der Waals surface area (Å²) < 4.78 is 18.8. The fraction of sp³-hybridized carbons (Fsp3) is 0.292. The minimum absolute atomic E-state index is 0.141. The lowest BCUT2D eigenvalue weighted by atomic mass is 10.1. The van der Waals surface area contributed by atoms with E-state index in [9.17, 15) is 18.8 Å². The van der Waals surface area contributed by atoms with Crippen LogP contribution in [0.1, 0.15) is 17.5 Å². The lowest BCUT2D eigenvalue weighted by Crippen LogP contribution is -2.37. The quantitative estimate of drug-likeness (QED) is 0.434. The van der Waals surface area contributed by atoms with E-state index in [4.69, 9.17) is 4.74 Å². The third-order valence-electron chi connectivity index (χ3n) is 5.74. The van der Waals surface area contributed by atoms with E-state index in [1.807, 2.05) is 24.3 Å². The molecule has 1 aliphatic rings. The number of imide groups is 1. The molecule has 4 rings (SSSR count). The maximum atomic E-state index is 13.5. The Balaban J connectivity index is 1.27. The Bertz CT molecular complexity index is 1190. The Morgan fingerprint density at radius 1 is 1.15 bits per heavy atom. The van der Waals surface area contributed by atoms with Gasteiger partial charge < -0.3 is 20.4 Å². The molecule has 2 aromatic carbocycles. The number of H-pyrrole nitrogens is 1. The van der Waals surface area contributed by atoms with E-state index in [1.54, 1.807) is 19.4 Å². The van der Waals surface area contributed by atoms with Crippen molar-refractivity contribution in [3.8, 4) is 5.75 Å². The number of halogens is 1. The standard InChI is InChI=1S/C24H25FN4O4/c1-33-21-5-3-2-4-15(21)9-11-29-23(31)20(28-24(29)32)13-22(30)26-10-8-16-14-27-19-7-6-17(25)12-18(16)19/h2-7,12,14,20,27H,8-11,13H2,1H3,(H,26,30)(H,28,32)/t20-/m0/s1. The number of nitrogens with one attached hydrogen (secondary N) is 3. The summed E-state index contributed by atoms with van der Waals surface area (Å²) in [6, 6.07) is 10.5. The number of nitrogens with zero attached hydrogens (tertiary/aromatic N) is 1. The van der Waals surface area contributed by atoms with Gasteiger partial charge in [0.2, 0.25) is 5.91 Å². The van der Waals surface area contributed by atoms with Gasteiger partial charge in [0.15, 0.2) is 0 Å². The van der Waals surface area contributed by atoms with Gasteiger partial charge in [-0.1, -0.05) is 18.2 Å². The molecule has 0 radical (unpaired) electrons. The largest absolute Gasteiger partial charge is 0.496 e. The topological polar surface area (TPSA) is 104 Å². The van der Waals surface area contributed by atoms with Crippen LogP contribution in [-0.2, 0) is 22.4 Å². The lowest BCUT2D eigenvalue weighted by molar-refractivity contribution is -0.130. The average Bonchev–Trinajstić information content (AvgIpc) is 3.32. The van der Waals surface area contributed by atoms with Gasteiger partial charge in [-0.05, 0) is 48.2 Å². The van der Waals surface area contributed by atoms with Crippen molar-refractivity contribution in [1.29, 1.82) is 0 Å². The summed E-state index contributed by atoms with van der Waals surface area (Å²) in [5, 5.41) is 6.12. The molecular weight excluding hydrogens is 427 g/mol. The van der Waals surface area contributed by atoms with Crippen LogP contribution in [0.5, 0.6) is 5.75 Å². The van der Waals surface area contributed by atoms with Crippen LogP contribution in [0.25, 0.3) is 10.9 Å². The SMILES string of the molecule is COc1ccccc1CCN1C(=O)N[C@@H](CC(=O)NCCc2c[nH]c3ccc(F)cc23)C1=O. The van der Waals surface area contributed by atoms with E-state index in [-0.39, 0.29) is 24.7 Å². The number of carbonyl (C=O) groups is 3. The Kier molecular flexibility index (Phi) is 6.58. The first kappa shape index (κ1) is 22.3. The van der Waals surface area contributed by atoms with Gasteiger partial charge in [0.05, 0.1) is 13.5 Å². The van der Waals surface area contributed by atoms with Crippen molar-refractivity contribution in [3.63, 3.8) is 0 Å². The Hall–Kier alpha value is -3.88. The van der Waals surface area contributed by atoms with Crippen LogP contribution < -0.4 is 15.4 Å². The second-order valence-corrected chi connectivity index (χ2v) is 7.86. The number of amides is 4. The minimum Gasteiger partial charge on any atom is -0.496 e. The van der Waals surface area contributed by atoms with Crippen molar-refractivity contribution in [2.24, 2.45) is 0 Å². The van der Waals surface area contributed by atoms with Crippen molar-refractivity contribution >= 4 is 28.7 Å². The number of aromatic amines is 1. The Morgan fingerprint density at radius 3 is 2.79 bits per heavy atom. The highest BCUT2D eigenvalue weighted by atomic mass is 19.1. The van der Waals surface area contributed by atoms with E-state index < -0.39 is 18.0 Å². The molecule has 1 fully saturated rings. The zero-order valence-electron chi connectivity index (χ0n) is 18.2. The molecule has 1 aliphatic heterocycles. The number of para-hydroxylation sites is 1. The first-order chi connectivity index (χ1) is 16.0. The molecule has 0 unspecified atom stereocenters. The first-order valence-electron chi connectivity index (χ1n) is 10.7. The van der Waals surface area contributed by atoms with Gasteiger partial charge in [-0.3, -0.25) is 14.5 Å². The summed E-state index contributed by atoms with van der Waals surface area (Å²) in [4.78, 5) is 41.5. The molecular formula is C24H25FN4O4. The molecule has 0 bridgehead atoms. The number of rotatable bonds is 9. The molecule has 1 aromatic heterocycles. The summed E-state index contributed by atoms with van der Waals surface area (Å²) in [5.41, 5.74) is 2.60. The van der Waals surface area contributed by atoms with E-state index in [0.717, 1.165) is 26.9 Å². The molecule has 3 aromatic rings. The number of carbonyl (C=O) groups excluding carboxylic acids is 3. The number of hydrogen-bond acceptors (Lipinski definition) is 4. The average molecular weight is 452 g/mol. The highest BCUT2D eigenvalue weighted by Gasteiger charge is 2.38. The summed E-state index contributed by atoms with van der Waals surface area (Å²) in [5.74, 6) is -0.389. The number of benzene rings is 2. The minimum atomic E-state index is -0.891. The summed E-state index contributed by atoms with van der Waals surface area (Å²) in [6.45, 7) is 0.523. The third kappa shape index (κ3) is 4.97. The maximum Gasteiger partial charge on any atom is 0.324 e. The number of urea groups is 1.